The molecule has 0 bridgehead atoms. The van der Waals surface area contributed by atoms with Crippen LogP contribution in [-0.4, -0.2) is 22.1 Å². The molecule has 0 saturated heterocycles. The highest BCUT2D eigenvalue weighted by Crippen LogP contribution is 2.03. The summed E-state index contributed by atoms with van der Waals surface area (Å²) in [6.45, 7) is 8.94. The lowest BCUT2D eigenvalue weighted by atomic mass is 10.1. The highest BCUT2D eigenvalue weighted by Gasteiger charge is 2.03. The van der Waals surface area contributed by atoms with Gasteiger partial charge in [0.25, 0.3) is 0 Å². The summed E-state index contributed by atoms with van der Waals surface area (Å²) in [7, 11) is 0. The normalized spacial score (nSPS) is 13.3. The van der Waals surface area contributed by atoms with Crippen LogP contribution in [0.5, 0.6) is 0 Å². The molecular weight excluding hydrogens is 186 g/mol. The zero-order chi connectivity index (χ0) is 11.1. The summed E-state index contributed by atoms with van der Waals surface area (Å²) in [5.74, 6) is 0.779. The van der Waals surface area contributed by atoms with E-state index in [-0.39, 0.29) is 0 Å². The quantitative estimate of drug-likeness (QED) is 0.698. The van der Waals surface area contributed by atoms with E-state index in [1.807, 2.05) is 18.7 Å². The Morgan fingerprint density at radius 2 is 2.13 bits per heavy atom. The molecule has 1 unspecified atom stereocenters. The molecule has 1 rings (SSSR count). The number of aryl methyl sites for hydroxylation is 1. The number of imidazole rings is 1. The van der Waals surface area contributed by atoms with E-state index < -0.39 is 0 Å². The minimum absolute atomic E-state index is 0.632. The first-order valence-corrected chi connectivity index (χ1v) is 5.87. The van der Waals surface area contributed by atoms with Crippen molar-refractivity contribution in [2.75, 3.05) is 6.54 Å². The van der Waals surface area contributed by atoms with Gasteiger partial charge < -0.3 is 9.88 Å². The van der Waals surface area contributed by atoms with Gasteiger partial charge >= 0.3 is 0 Å². The maximum atomic E-state index is 4.02. The highest BCUT2D eigenvalue weighted by molar-refractivity contribution is 4.74. The molecule has 0 saturated carbocycles. The summed E-state index contributed by atoms with van der Waals surface area (Å²) in [6, 6.07) is 0.632. The number of nitrogens with zero attached hydrogens (tertiary/aromatic N) is 2. The number of hydrogen-bond donors (Lipinski definition) is 1. The first kappa shape index (κ1) is 12.2. The van der Waals surface area contributed by atoms with E-state index in [2.05, 4.69) is 35.6 Å². The van der Waals surface area contributed by atoms with Gasteiger partial charge in [-0.25, -0.2) is 4.98 Å². The highest BCUT2D eigenvalue weighted by atomic mass is 15.0. The molecule has 15 heavy (non-hydrogen) atoms. The van der Waals surface area contributed by atoms with Crippen molar-refractivity contribution < 1.29 is 0 Å². The number of rotatable bonds is 7. The van der Waals surface area contributed by atoms with Crippen LogP contribution >= 0.6 is 0 Å². The monoisotopic (exact) mass is 209 g/mol. The molecule has 0 spiro atoms. The lowest BCUT2D eigenvalue weighted by Gasteiger charge is -2.15. The summed E-state index contributed by atoms with van der Waals surface area (Å²) in [5.41, 5.74) is 0. The molecule has 3 heteroatoms. The summed E-state index contributed by atoms with van der Waals surface area (Å²) in [5, 5.41) is 3.54. The van der Waals surface area contributed by atoms with Crippen molar-refractivity contribution in [2.45, 2.75) is 46.2 Å². The van der Waals surface area contributed by atoms with Crippen molar-refractivity contribution in [2.24, 2.45) is 5.92 Å². The minimum Gasteiger partial charge on any atom is -0.337 e. The fourth-order valence-corrected chi connectivity index (χ4v) is 1.82. The molecule has 0 fully saturated rings. The van der Waals surface area contributed by atoms with Crippen LogP contribution in [0.25, 0.3) is 0 Å². The van der Waals surface area contributed by atoms with Crippen LogP contribution in [0.4, 0.5) is 0 Å². The second kappa shape index (κ2) is 6.62. The summed E-state index contributed by atoms with van der Waals surface area (Å²) in [4.78, 5) is 4.02. The summed E-state index contributed by atoms with van der Waals surface area (Å²) >= 11 is 0. The predicted octanol–water partition coefficient (Wildman–Crippen LogP) is 2.30. The van der Waals surface area contributed by atoms with Gasteiger partial charge in [0, 0.05) is 25.0 Å². The third-order valence-electron chi connectivity index (χ3n) is 2.47. The van der Waals surface area contributed by atoms with Crippen LogP contribution < -0.4 is 5.32 Å². The van der Waals surface area contributed by atoms with Crippen LogP contribution in [0.15, 0.2) is 18.7 Å². The Kier molecular flexibility index (Phi) is 5.40. The Morgan fingerprint density at radius 3 is 2.73 bits per heavy atom. The lowest BCUT2D eigenvalue weighted by molar-refractivity contribution is 0.432. The topological polar surface area (TPSA) is 29.9 Å². The standard InChI is InChI=1S/C12H23N3/c1-11(2)9-12(3)14-5-4-7-15-8-6-13-10-15/h6,8,10-12,14H,4-5,7,9H2,1-3H3. The summed E-state index contributed by atoms with van der Waals surface area (Å²) < 4.78 is 2.12. The molecule has 0 aliphatic heterocycles. The van der Waals surface area contributed by atoms with Gasteiger partial charge in [0.1, 0.15) is 0 Å². The van der Waals surface area contributed by atoms with E-state index in [1.54, 1.807) is 0 Å². The maximum Gasteiger partial charge on any atom is 0.0945 e. The van der Waals surface area contributed by atoms with E-state index in [9.17, 15) is 0 Å². The van der Waals surface area contributed by atoms with Gasteiger partial charge in [0.2, 0.25) is 0 Å². The van der Waals surface area contributed by atoms with E-state index in [4.69, 9.17) is 0 Å². The Hall–Kier alpha value is -0.830. The molecule has 1 aromatic rings. The number of nitrogens with one attached hydrogen (secondary N) is 1. The second-order valence-electron chi connectivity index (χ2n) is 4.64. The van der Waals surface area contributed by atoms with E-state index >= 15 is 0 Å². The largest absolute Gasteiger partial charge is 0.337 e. The Bertz CT molecular complexity index is 241. The fraction of sp³-hybridized carbons (Fsp3) is 0.750. The van der Waals surface area contributed by atoms with Gasteiger partial charge in [-0.3, -0.25) is 0 Å². The van der Waals surface area contributed by atoms with Crippen LogP contribution in [0.3, 0.4) is 0 Å². The summed E-state index contributed by atoms with van der Waals surface area (Å²) in [6.07, 6.45) is 8.13. The molecule has 0 aliphatic rings. The molecule has 1 heterocycles. The predicted molar refractivity (Wildman–Crippen MR) is 63.8 cm³/mol. The van der Waals surface area contributed by atoms with E-state index in [1.165, 1.54) is 12.8 Å². The smallest absolute Gasteiger partial charge is 0.0945 e. The molecule has 1 atom stereocenters. The first-order chi connectivity index (χ1) is 7.18. The molecule has 1 N–H and O–H groups in total. The van der Waals surface area contributed by atoms with Gasteiger partial charge in [-0.05, 0) is 32.2 Å². The van der Waals surface area contributed by atoms with Crippen molar-refractivity contribution in [1.82, 2.24) is 14.9 Å². The third-order valence-corrected chi connectivity index (χ3v) is 2.47. The molecule has 86 valence electrons. The minimum atomic E-state index is 0.632. The van der Waals surface area contributed by atoms with Gasteiger partial charge in [0.15, 0.2) is 0 Å². The molecule has 0 aromatic carbocycles. The van der Waals surface area contributed by atoms with Gasteiger partial charge in [-0.15, -0.1) is 0 Å². The average Bonchev–Trinajstić information content (AvgIpc) is 2.63. The lowest BCUT2D eigenvalue weighted by Crippen LogP contribution is -2.28. The maximum absolute atomic E-state index is 4.02. The van der Waals surface area contributed by atoms with Gasteiger partial charge in [0.05, 0.1) is 6.33 Å². The fourth-order valence-electron chi connectivity index (χ4n) is 1.82. The average molecular weight is 209 g/mol. The van der Waals surface area contributed by atoms with Crippen LogP contribution in [0.2, 0.25) is 0 Å². The zero-order valence-corrected chi connectivity index (χ0v) is 10.1. The first-order valence-electron chi connectivity index (χ1n) is 5.87. The van der Waals surface area contributed by atoms with Crippen molar-refractivity contribution in [3.8, 4) is 0 Å². The van der Waals surface area contributed by atoms with Crippen molar-refractivity contribution in [3.63, 3.8) is 0 Å². The molecule has 1 aromatic heterocycles. The van der Waals surface area contributed by atoms with Crippen molar-refractivity contribution in [3.05, 3.63) is 18.7 Å². The molecule has 3 nitrogen and oxygen atoms in total. The van der Waals surface area contributed by atoms with E-state index in [0.717, 1.165) is 19.0 Å². The van der Waals surface area contributed by atoms with Crippen molar-refractivity contribution in [1.29, 1.82) is 0 Å². The Labute approximate surface area is 92.9 Å². The van der Waals surface area contributed by atoms with Gasteiger partial charge in [-0.1, -0.05) is 13.8 Å². The Morgan fingerprint density at radius 1 is 1.33 bits per heavy atom. The molecule has 0 amide bonds. The number of aromatic nitrogens is 2. The molecular formula is C12H23N3. The van der Waals surface area contributed by atoms with Crippen LogP contribution in [0.1, 0.15) is 33.6 Å². The SMILES string of the molecule is CC(C)CC(C)NCCCn1ccnc1. The second-order valence-corrected chi connectivity index (χ2v) is 4.64. The number of hydrogen-bond acceptors (Lipinski definition) is 2. The Balaban J connectivity index is 2.01. The van der Waals surface area contributed by atoms with Crippen molar-refractivity contribution >= 4 is 0 Å². The van der Waals surface area contributed by atoms with E-state index in [0.29, 0.717) is 6.04 Å². The van der Waals surface area contributed by atoms with Crippen LogP contribution in [0, 0.1) is 5.92 Å². The zero-order valence-electron chi connectivity index (χ0n) is 10.1. The van der Waals surface area contributed by atoms with Gasteiger partial charge in [-0.2, -0.15) is 0 Å². The van der Waals surface area contributed by atoms with Crippen LogP contribution in [-0.2, 0) is 6.54 Å². The third kappa shape index (κ3) is 5.57. The molecule has 0 aliphatic carbocycles. The molecule has 0 radical (unpaired) electrons.